The van der Waals surface area contributed by atoms with Crippen molar-refractivity contribution in [1.29, 1.82) is 0 Å². The minimum atomic E-state index is -0.204. The second-order valence-electron chi connectivity index (χ2n) is 5.90. The molecule has 2 heterocycles. The minimum Gasteiger partial charge on any atom is -0.454 e. The van der Waals surface area contributed by atoms with Crippen LogP contribution in [-0.4, -0.2) is 27.5 Å². The summed E-state index contributed by atoms with van der Waals surface area (Å²) in [5, 5.41) is 7.24. The Bertz CT molecular complexity index is 981. The number of nitrogens with one attached hydrogen (secondary N) is 1. The molecule has 4 rings (SSSR count). The monoisotopic (exact) mass is 350 g/mol. The summed E-state index contributed by atoms with van der Waals surface area (Å²) in [5.41, 5.74) is 2.05. The van der Waals surface area contributed by atoms with E-state index >= 15 is 0 Å². The number of nitrogens with zero attached hydrogens (tertiary/aromatic N) is 3. The molecule has 0 saturated heterocycles. The van der Waals surface area contributed by atoms with Gasteiger partial charge in [0.2, 0.25) is 6.79 Å². The SMILES string of the molecule is CCn1nc(C)nc1-c1cccc(C(=O)Nc2ccc3c(c2)OCO3)c1. The van der Waals surface area contributed by atoms with E-state index in [2.05, 4.69) is 15.4 Å². The van der Waals surface area contributed by atoms with E-state index in [0.717, 1.165) is 11.4 Å². The lowest BCUT2D eigenvalue weighted by Crippen LogP contribution is -2.12. The number of aromatic nitrogens is 3. The molecular weight excluding hydrogens is 332 g/mol. The van der Waals surface area contributed by atoms with Crippen molar-refractivity contribution in [2.75, 3.05) is 12.1 Å². The van der Waals surface area contributed by atoms with Crippen LogP contribution in [0.25, 0.3) is 11.4 Å². The highest BCUT2D eigenvalue weighted by molar-refractivity contribution is 6.05. The lowest BCUT2D eigenvalue weighted by molar-refractivity contribution is 0.102. The van der Waals surface area contributed by atoms with Gasteiger partial charge in [-0.25, -0.2) is 9.67 Å². The van der Waals surface area contributed by atoms with E-state index in [-0.39, 0.29) is 12.7 Å². The summed E-state index contributed by atoms with van der Waals surface area (Å²) in [5.74, 6) is 2.56. The highest BCUT2D eigenvalue weighted by atomic mass is 16.7. The van der Waals surface area contributed by atoms with E-state index in [1.807, 2.05) is 36.7 Å². The highest BCUT2D eigenvalue weighted by Gasteiger charge is 2.16. The lowest BCUT2D eigenvalue weighted by Gasteiger charge is -2.08. The second-order valence-corrected chi connectivity index (χ2v) is 5.90. The van der Waals surface area contributed by atoms with E-state index in [4.69, 9.17) is 9.47 Å². The van der Waals surface area contributed by atoms with Crippen LogP contribution in [0.3, 0.4) is 0 Å². The average molecular weight is 350 g/mol. The fourth-order valence-electron chi connectivity index (χ4n) is 2.87. The first-order chi connectivity index (χ1) is 12.6. The Kier molecular flexibility index (Phi) is 4.04. The van der Waals surface area contributed by atoms with E-state index in [9.17, 15) is 4.79 Å². The number of ether oxygens (including phenoxy) is 2. The molecule has 1 N–H and O–H groups in total. The first-order valence-electron chi connectivity index (χ1n) is 8.37. The van der Waals surface area contributed by atoms with Crippen LogP contribution in [0, 0.1) is 6.92 Å². The Morgan fingerprint density at radius 1 is 1.19 bits per heavy atom. The fraction of sp³-hybridized carbons (Fsp3) is 0.211. The molecule has 1 amide bonds. The van der Waals surface area contributed by atoms with Crippen LogP contribution in [0.15, 0.2) is 42.5 Å². The van der Waals surface area contributed by atoms with Crippen LogP contribution in [-0.2, 0) is 6.54 Å². The molecule has 7 heteroatoms. The summed E-state index contributed by atoms with van der Waals surface area (Å²) in [6.45, 7) is 4.77. The normalized spacial score (nSPS) is 12.2. The Morgan fingerprint density at radius 3 is 2.88 bits per heavy atom. The molecule has 0 aliphatic carbocycles. The van der Waals surface area contributed by atoms with Gasteiger partial charge >= 0.3 is 0 Å². The van der Waals surface area contributed by atoms with Gasteiger partial charge in [0.05, 0.1) is 0 Å². The number of carbonyl (C=O) groups is 1. The first kappa shape index (κ1) is 16.1. The van der Waals surface area contributed by atoms with Crippen LogP contribution in [0.4, 0.5) is 5.69 Å². The molecule has 1 aliphatic heterocycles. The Labute approximate surface area is 150 Å². The van der Waals surface area contributed by atoms with Gasteiger partial charge < -0.3 is 14.8 Å². The number of anilines is 1. The van der Waals surface area contributed by atoms with Gasteiger partial charge in [-0.15, -0.1) is 0 Å². The fourth-order valence-corrected chi connectivity index (χ4v) is 2.87. The summed E-state index contributed by atoms with van der Waals surface area (Å²) in [6, 6.07) is 12.7. The van der Waals surface area contributed by atoms with Gasteiger partial charge in [0, 0.05) is 29.4 Å². The molecule has 0 atom stereocenters. The van der Waals surface area contributed by atoms with Gasteiger partial charge in [0.1, 0.15) is 5.82 Å². The molecule has 0 bridgehead atoms. The van der Waals surface area contributed by atoms with Crippen molar-refractivity contribution < 1.29 is 14.3 Å². The predicted molar refractivity (Wildman–Crippen MR) is 96.4 cm³/mol. The highest BCUT2D eigenvalue weighted by Crippen LogP contribution is 2.34. The number of fused-ring (bicyclic) bond motifs is 1. The van der Waals surface area contributed by atoms with E-state index in [1.165, 1.54) is 0 Å². The number of hydrogen-bond acceptors (Lipinski definition) is 5. The molecule has 0 radical (unpaired) electrons. The van der Waals surface area contributed by atoms with Gasteiger partial charge in [0.25, 0.3) is 5.91 Å². The zero-order valence-corrected chi connectivity index (χ0v) is 14.5. The lowest BCUT2D eigenvalue weighted by atomic mass is 10.1. The van der Waals surface area contributed by atoms with Crippen molar-refractivity contribution in [3.63, 3.8) is 0 Å². The number of aryl methyl sites for hydroxylation is 2. The predicted octanol–water partition coefficient (Wildman–Crippen LogP) is 3.25. The number of carbonyl (C=O) groups excluding carboxylic acids is 1. The van der Waals surface area contributed by atoms with Crippen molar-refractivity contribution in [2.24, 2.45) is 0 Å². The number of benzene rings is 2. The molecule has 26 heavy (non-hydrogen) atoms. The van der Waals surface area contributed by atoms with Crippen LogP contribution >= 0.6 is 0 Å². The Morgan fingerprint density at radius 2 is 2.04 bits per heavy atom. The van der Waals surface area contributed by atoms with Crippen molar-refractivity contribution >= 4 is 11.6 Å². The van der Waals surface area contributed by atoms with E-state index < -0.39 is 0 Å². The maximum atomic E-state index is 12.6. The maximum absolute atomic E-state index is 12.6. The summed E-state index contributed by atoms with van der Waals surface area (Å²) in [7, 11) is 0. The standard InChI is InChI=1S/C19H18N4O3/c1-3-23-18(20-12(2)22-23)13-5-4-6-14(9-13)19(24)21-15-7-8-16-17(10-15)26-11-25-16/h4-10H,3,11H2,1-2H3,(H,21,24). The minimum absolute atomic E-state index is 0.201. The molecule has 0 unspecified atom stereocenters. The van der Waals surface area contributed by atoms with Crippen LogP contribution in [0.2, 0.25) is 0 Å². The zero-order valence-electron chi connectivity index (χ0n) is 14.5. The van der Waals surface area contributed by atoms with Crippen LogP contribution in [0.1, 0.15) is 23.1 Å². The zero-order chi connectivity index (χ0) is 18.1. The van der Waals surface area contributed by atoms with Crippen LogP contribution in [0.5, 0.6) is 11.5 Å². The van der Waals surface area contributed by atoms with E-state index in [1.54, 1.807) is 24.3 Å². The van der Waals surface area contributed by atoms with Crippen molar-refractivity contribution in [1.82, 2.24) is 14.8 Å². The molecule has 3 aromatic rings. The molecule has 1 aromatic heterocycles. The summed E-state index contributed by atoms with van der Waals surface area (Å²) >= 11 is 0. The Hall–Kier alpha value is -3.35. The third kappa shape index (κ3) is 2.99. The third-order valence-corrected chi connectivity index (χ3v) is 4.09. The largest absolute Gasteiger partial charge is 0.454 e. The average Bonchev–Trinajstić information content (AvgIpc) is 3.27. The maximum Gasteiger partial charge on any atom is 0.255 e. The Balaban J connectivity index is 1.59. The summed E-state index contributed by atoms with van der Waals surface area (Å²) in [4.78, 5) is 17.1. The smallest absolute Gasteiger partial charge is 0.255 e. The van der Waals surface area contributed by atoms with Gasteiger partial charge in [0.15, 0.2) is 17.3 Å². The van der Waals surface area contributed by atoms with Crippen molar-refractivity contribution in [3.05, 3.63) is 53.9 Å². The molecule has 132 valence electrons. The molecule has 0 fully saturated rings. The summed E-state index contributed by atoms with van der Waals surface area (Å²) < 4.78 is 12.4. The third-order valence-electron chi connectivity index (χ3n) is 4.09. The number of amides is 1. The number of rotatable bonds is 4. The second kappa shape index (κ2) is 6.51. The molecule has 0 spiro atoms. The van der Waals surface area contributed by atoms with Gasteiger partial charge in [-0.3, -0.25) is 4.79 Å². The quantitative estimate of drug-likeness (QED) is 0.781. The molecular formula is C19H18N4O3. The molecule has 7 nitrogen and oxygen atoms in total. The van der Waals surface area contributed by atoms with Gasteiger partial charge in [-0.2, -0.15) is 5.10 Å². The topological polar surface area (TPSA) is 78.3 Å². The molecule has 0 saturated carbocycles. The van der Waals surface area contributed by atoms with Gasteiger partial charge in [-0.1, -0.05) is 12.1 Å². The molecule has 1 aliphatic rings. The summed E-state index contributed by atoms with van der Waals surface area (Å²) in [6.07, 6.45) is 0. The molecule has 2 aromatic carbocycles. The van der Waals surface area contributed by atoms with Crippen LogP contribution < -0.4 is 14.8 Å². The van der Waals surface area contributed by atoms with Crippen molar-refractivity contribution in [3.8, 4) is 22.9 Å². The van der Waals surface area contributed by atoms with Gasteiger partial charge in [-0.05, 0) is 38.1 Å². The van der Waals surface area contributed by atoms with E-state index in [0.29, 0.717) is 35.1 Å². The van der Waals surface area contributed by atoms with Crippen molar-refractivity contribution in [2.45, 2.75) is 20.4 Å². The number of hydrogen-bond donors (Lipinski definition) is 1. The first-order valence-corrected chi connectivity index (χ1v) is 8.37.